The van der Waals surface area contributed by atoms with E-state index in [4.69, 9.17) is 16.9 Å². The van der Waals surface area contributed by atoms with Gasteiger partial charge in [-0.25, -0.2) is 0 Å². The zero-order valence-corrected chi connectivity index (χ0v) is 13.0. The van der Waals surface area contributed by atoms with E-state index in [0.717, 1.165) is 18.8 Å². The lowest BCUT2D eigenvalue weighted by molar-refractivity contribution is 0.393. The van der Waals surface area contributed by atoms with Crippen molar-refractivity contribution in [2.45, 2.75) is 45.2 Å². The lowest BCUT2D eigenvalue weighted by Crippen LogP contribution is -2.46. The number of rotatable bonds is 4. The Hall–Kier alpha value is -1.24. The molecule has 1 N–H and O–H groups in total. The SMILES string of the molecule is CC(C)N(CC1CCCCN1)c1ccc(C#N)c(Cl)c1. The number of nitrogens with zero attached hydrogens (tertiary/aromatic N) is 2. The van der Waals surface area contributed by atoms with Crippen molar-refractivity contribution in [2.24, 2.45) is 0 Å². The number of nitriles is 1. The smallest absolute Gasteiger partial charge is 0.101 e. The molecular formula is C16H22ClN3. The van der Waals surface area contributed by atoms with Gasteiger partial charge in [-0.3, -0.25) is 0 Å². The second kappa shape index (κ2) is 6.97. The number of benzene rings is 1. The molecule has 0 saturated carbocycles. The average Bonchev–Trinajstić information content (AvgIpc) is 2.45. The van der Waals surface area contributed by atoms with Crippen molar-refractivity contribution >= 4 is 17.3 Å². The van der Waals surface area contributed by atoms with Crippen LogP contribution in [0.5, 0.6) is 0 Å². The van der Waals surface area contributed by atoms with Crippen LogP contribution in [0.4, 0.5) is 5.69 Å². The summed E-state index contributed by atoms with van der Waals surface area (Å²) in [6.07, 6.45) is 3.81. The molecule has 1 aromatic rings. The van der Waals surface area contributed by atoms with Crippen molar-refractivity contribution in [3.63, 3.8) is 0 Å². The van der Waals surface area contributed by atoms with Crippen molar-refractivity contribution in [2.75, 3.05) is 18.0 Å². The molecule has 1 heterocycles. The Balaban J connectivity index is 2.15. The highest BCUT2D eigenvalue weighted by Gasteiger charge is 2.19. The summed E-state index contributed by atoms with van der Waals surface area (Å²) in [4.78, 5) is 2.36. The van der Waals surface area contributed by atoms with Crippen LogP contribution in [0, 0.1) is 11.3 Å². The summed E-state index contributed by atoms with van der Waals surface area (Å²) in [5, 5.41) is 13.1. The van der Waals surface area contributed by atoms with E-state index >= 15 is 0 Å². The Labute approximate surface area is 126 Å². The van der Waals surface area contributed by atoms with Crippen LogP contribution in [0.2, 0.25) is 5.02 Å². The second-order valence-corrected chi connectivity index (χ2v) is 6.08. The van der Waals surface area contributed by atoms with Crippen molar-refractivity contribution in [1.29, 1.82) is 5.26 Å². The van der Waals surface area contributed by atoms with Crippen LogP contribution in [-0.4, -0.2) is 25.2 Å². The molecule has 0 aliphatic carbocycles. The Morgan fingerprint density at radius 1 is 1.45 bits per heavy atom. The minimum atomic E-state index is 0.405. The first-order chi connectivity index (χ1) is 9.61. The Kier molecular flexibility index (Phi) is 5.28. The molecule has 0 radical (unpaired) electrons. The molecule has 1 fully saturated rings. The Bertz CT molecular complexity index is 487. The number of hydrogen-bond acceptors (Lipinski definition) is 3. The normalized spacial score (nSPS) is 18.9. The quantitative estimate of drug-likeness (QED) is 0.922. The van der Waals surface area contributed by atoms with E-state index in [0.29, 0.717) is 22.7 Å². The number of halogens is 1. The highest BCUT2D eigenvalue weighted by Crippen LogP contribution is 2.25. The van der Waals surface area contributed by atoms with Crippen LogP contribution in [0.3, 0.4) is 0 Å². The number of hydrogen-bond donors (Lipinski definition) is 1. The maximum absolute atomic E-state index is 8.96. The number of piperidine rings is 1. The van der Waals surface area contributed by atoms with E-state index in [-0.39, 0.29) is 0 Å². The molecular weight excluding hydrogens is 270 g/mol. The van der Waals surface area contributed by atoms with E-state index < -0.39 is 0 Å². The van der Waals surface area contributed by atoms with Crippen LogP contribution in [0.25, 0.3) is 0 Å². The fourth-order valence-electron chi connectivity index (χ4n) is 2.70. The van der Waals surface area contributed by atoms with Crippen LogP contribution in [-0.2, 0) is 0 Å². The molecule has 0 spiro atoms. The first-order valence-corrected chi connectivity index (χ1v) is 7.69. The molecule has 1 saturated heterocycles. The Morgan fingerprint density at radius 2 is 2.25 bits per heavy atom. The fourth-order valence-corrected chi connectivity index (χ4v) is 2.92. The molecule has 1 aliphatic rings. The lowest BCUT2D eigenvalue weighted by Gasteiger charge is -2.35. The van der Waals surface area contributed by atoms with E-state index in [2.05, 4.69) is 30.1 Å². The molecule has 2 rings (SSSR count). The molecule has 20 heavy (non-hydrogen) atoms. The van der Waals surface area contributed by atoms with Crippen molar-refractivity contribution in [1.82, 2.24) is 5.32 Å². The first kappa shape index (κ1) is 15.2. The molecule has 3 nitrogen and oxygen atoms in total. The Morgan fingerprint density at radius 3 is 2.80 bits per heavy atom. The van der Waals surface area contributed by atoms with E-state index in [1.54, 1.807) is 6.07 Å². The van der Waals surface area contributed by atoms with Crippen LogP contribution in [0.15, 0.2) is 18.2 Å². The molecule has 1 unspecified atom stereocenters. The van der Waals surface area contributed by atoms with Gasteiger partial charge in [-0.1, -0.05) is 18.0 Å². The van der Waals surface area contributed by atoms with Gasteiger partial charge < -0.3 is 10.2 Å². The van der Waals surface area contributed by atoms with Gasteiger partial charge in [0.2, 0.25) is 0 Å². The molecule has 0 bridgehead atoms. The zero-order valence-electron chi connectivity index (χ0n) is 12.2. The summed E-state index contributed by atoms with van der Waals surface area (Å²) in [7, 11) is 0. The summed E-state index contributed by atoms with van der Waals surface area (Å²) >= 11 is 6.16. The summed E-state index contributed by atoms with van der Waals surface area (Å²) < 4.78 is 0. The van der Waals surface area contributed by atoms with Gasteiger partial charge in [0.25, 0.3) is 0 Å². The maximum atomic E-state index is 8.96. The first-order valence-electron chi connectivity index (χ1n) is 7.31. The molecule has 1 aliphatic heterocycles. The summed E-state index contributed by atoms with van der Waals surface area (Å²) in [6, 6.07) is 8.76. The van der Waals surface area contributed by atoms with Gasteiger partial charge in [0, 0.05) is 24.3 Å². The standard InChI is InChI=1S/C16H22ClN3/c1-12(2)20(11-14-5-3-4-8-19-14)15-7-6-13(10-18)16(17)9-15/h6-7,9,12,14,19H,3-5,8,11H2,1-2H3. The van der Waals surface area contributed by atoms with E-state index in [9.17, 15) is 0 Å². The second-order valence-electron chi connectivity index (χ2n) is 5.67. The zero-order chi connectivity index (χ0) is 14.5. The van der Waals surface area contributed by atoms with Crippen LogP contribution < -0.4 is 10.2 Å². The minimum absolute atomic E-state index is 0.405. The molecule has 0 aromatic heterocycles. The third kappa shape index (κ3) is 3.65. The maximum Gasteiger partial charge on any atom is 0.101 e. The number of nitrogens with one attached hydrogen (secondary N) is 1. The highest BCUT2D eigenvalue weighted by molar-refractivity contribution is 6.32. The predicted octanol–water partition coefficient (Wildman–Crippen LogP) is 3.57. The monoisotopic (exact) mass is 291 g/mol. The molecule has 0 amide bonds. The van der Waals surface area contributed by atoms with Crippen molar-refractivity contribution < 1.29 is 0 Å². The summed E-state index contributed by atoms with van der Waals surface area (Å²) in [6.45, 7) is 6.48. The molecule has 108 valence electrons. The van der Waals surface area contributed by atoms with Crippen molar-refractivity contribution in [3.05, 3.63) is 28.8 Å². The average molecular weight is 292 g/mol. The topological polar surface area (TPSA) is 39.1 Å². The van der Waals surface area contributed by atoms with E-state index in [1.807, 2.05) is 12.1 Å². The van der Waals surface area contributed by atoms with Crippen molar-refractivity contribution in [3.8, 4) is 6.07 Å². The van der Waals surface area contributed by atoms with Gasteiger partial charge >= 0.3 is 0 Å². The summed E-state index contributed by atoms with van der Waals surface area (Å²) in [5.41, 5.74) is 1.63. The largest absolute Gasteiger partial charge is 0.367 e. The minimum Gasteiger partial charge on any atom is -0.367 e. The number of anilines is 1. The van der Waals surface area contributed by atoms with E-state index in [1.165, 1.54) is 19.3 Å². The fraction of sp³-hybridized carbons (Fsp3) is 0.562. The molecule has 1 aromatic carbocycles. The van der Waals surface area contributed by atoms with Crippen LogP contribution >= 0.6 is 11.6 Å². The van der Waals surface area contributed by atoms with Crippen LogP contribution in [0.1, 0.15) is 38.7 Å². The highest BCUT2D eigenvalue weighted by atomic mass is 35.5. The van der Waals surface area contributed by atoms with Gasteiger partial charge in [0.15, 0.2) is 0 Å². The third-order valence-corrected chi connectivity index (χ3v) is 4.17. The van der Waals surface area contributed by atoms with Gasteiger partial charge in [-0.2, -0.15) is 5.26 Å². The van der Waals surface area contributed by atoms with Gasteiger partial charge in [-0.15, -0.1) is 0 Å². The molecule has 4 heteroatoms. The summed E-state index contributed by atoms with van der Waals surface area (Å²) in [5.74, 6) is 0. The lowest BCUT2D eigenvalue weighted by atomic mass is 10.0. The predicted molar refractivity (Wildman–Crippen MR) is 84.3 cm³/mol. The van der Waals surface area contributed by atoms with Gasteiger partial charge in [-0.05, 0) is 51.4 Å². The van der Waals surface area contributed by atoms with Gasteiger partial charge in [0.1, 0.15) is 6.07 Å². The third-order valence-electron chi connectivity index (χ3n) is 3.86. The van der Waals surface area contributed by atoms with Gasteiger partial charge in [0.05, 0.1) is 10.6 Å². The molecule has 1 atom stereocenters.